The summed E-state index contributed by atoms with van der Waals surface area (Å²) in [7, 11) is 0. The van der Waals surface area contributed by atoms with Crippen LogP contribution in [0, 0.1) is 0 Å². The van der Waals surface area contributed by atoms with Crippen LogP contribution in [0.4, 0.5) is 0 Å². The number of rotatable bonds is 4. The maximum atomic E-state index is 4.88. The Kier molecular flexibility index (Phi) is 5.05. The predicted molar refractivity (Wildman–Crippen MR) is 155 cm³/mol. The molecular weight excluding hydrogens is 468 g/mol. The monoisotopic (exact) mass is 496 g/mol. The van der Waals surface area contributed by atoms with Crippen molar-refractivity contribution in [3.05, 3.63) is 84.8 Å². The minimum atomic E-state index is 0.298. The lowest BCUT2D eigenvalue weighted by Crippen LogP contribution is -1.89. The molecule has 6 nitrogen and oxygen atoms in total. The summed E-state index contributed by atoms with van der Waals surface area (Å²) in [6.07, 6.45) is 5.42. The maximum Gasteiger partial charge on any atom is 0.117 e. The molecule has 0 atom stereocenters. The molecule has 0 aliphatic carbocycles. The summed E-state index contributed by atoms with van der Waals surface area (Å²) in [5, 5.41) is 4.59. The van der Waals surface area contributed by atoms with E-state index in [1.54, 1.807) is 12.4 Å². The topological polar surface area (TPSA) is 83.1 Å². The van der Waals surface area contributed by atoms with E-state index in [2.05, 4.69) is 102 Å². The van der Waals surface area contributed by atoms with E-state index >= 15 is 0 Å². The number of H-pyrrole nitrogens is 2. The zero-order chi connectivity index (χ0) is 26.0. The molecule has 0 spiro atoms. The highest BCUT2D eigenvalue weighted by Crippen LogP contribution is 2.36. The largest absolute Gasteiger partial charge is 0.342 e. The fourth-order valence-corrected chi connectivity index (χ4v) is 5.25. The van der Waals surface area contributed by atoms with Crippen LogP contribution in [0.1, 0.15) is 51.2 Å². The van der Waals surface area contributed by atoms with Gasteiger partial charge < -0.3 is 9.97 Å². The second-order valence-electron chi connectivity index (χ2n) is 10.6. The molecule has 0 aliphatic heterocycles. The first-order chi connectivity index (χ1) is 18.5. The SMILES string of the molecule is CC(C)c1ncc(-c2ccc3cc(-c4ccc5c(c4)c4nccnc4c4nc(C(C)C)[nH]c54)ccc3c2)[nH]1. The van der Waals surface area contributed by atoms with Gasteiger partial charge in [0.25, 0.3) is 0 Å². The van der Waals surface area contributed by atoms with Gasteiger partial charge in [-0.1, -0.05) is 64.1 Å². The normalized spacial score (nSPS) is 12.2. The Morgan fingerprint density at radius 1 is 0.579 bits per heavy atom. The number of aromatic nitrogens is 6. The first kappa shape index (κ1) is 22.6. The average molecular weight is 497 g/mol. The number of nitrogens with zero attached hydrogens (tertiary/aromatic N) is 4. The number of aromatic amines is 2. The highest BCUT2D eigenvalue weighted by Gasteiger charge is 2.17. The fraction of sp³-hybridized carbons (Fsp3) is 0.188. The summed E-state index contributed by atoms with van der Waals surface area (Å²) in [6.45, 7) is 8.58. The zero-order valence-electron chi connectivity index (χ0n) is 21.9. The van der Waals surface area contributed by atoms with Gasteiger partial charge in [-0.15, -0.1) is 0 Å². The Hall–Kier alpha value is -4.58. The van der Waals surface area contributed by atoms with Crippen molar-refractivity contribution in [1.29, 1.82) is 0 Å². The van der Waals surface area contributed by atoms with Gasteiger partial charge in [0.05, 0.1) is 22.9 Å². The summed E-state index contributed by atoms with van der Waals surface area (Å²) < 4.78 is 0. The van der Waals surface area contributed by atoms with Gasteiger partial charge in [-0.05, 0) is 40.1 Å². The van der Waals surface area contributed by atoms with Crippen LogP contribution in [0.2, 0.25) is 0 Å². The third-order valence-corrected chi connectivity index (χ3v) is 7.36. The number of fused-ring (bicyclic) bond motifs is 7. The third-order valence-electron chi connectivity index (χ3n) is 7.36. The highest BCUT2D eigenvalue weighted by molar-refractivity contribution is 6.21. The van der Waals surface area contributed by atoms with Crippen LogP contribution >= 0.6 is 0 Å². The molecule has 3 heterocycles. The molecular formula is C32H28N6. The molecule has 7 rings (SSSR count). The summed E-state index contributed by atoms with van der Waals surface area (Å²) in [5.74, 6) is 2.65. The van der Waals surface area contributed by atoms with Crippen LogP contribution < -0.4 is 0 Å². The molecule has 0 amide bonds. The standard InChI is InChI=1S/C32H28N6/c1-17(2)31-35-16-26(36-31)23-8-7-19-13-20(5-6-21(19)14-23)22-9-10-24-25(15-22)27-29(34-12-11-33-27)30-28(24)37-32(38-30)18(3)4/h5-18H,1-4H3,(H,35,36)(H,37,38). The lowest BCUT2D eigenvalue weighted by atomic mass is 9.96. The molecule has 6 heteroatoms. The smallest absolute Gasteiger partial charge is 0.117 e. The molecule has 0 aliphatic rings. The Morgan fingerprint density at radius 3 is 1.97 bits per heavy atom. The number of imidazole rings is 2. The van der Waals surface area contributed by atoms with Crippen molar-refractivity contribution in [2.45, 2.75) is 39.5 Å². The van der Waals surface area contributed by atoms with Crippen molar-refractivity contribution in [2.75, 3.05) is 0 Å². The molecule has 4 aromatic carbocycles. The first-order valence-electron chi connectivity index (χ1n) is 13.1. The van der Waals surface area contributed by atoms with Crippen LogP contribution in [-0.2, 0) is 0 Å². The van der Waals surface area contributed by atoms with Crippen molar-refractivity contribution in [1.82, 2.24) is 29.9 Å². The van der Waals surface area contributed by atoms with E-state index in [9.17, 15) is 0 Å². The lowest BCUT2D eigenvalue weighted by molar-refractivity contribution is 0.795. The van der Waals surface area contributed by atoms with Crippen molar-refractivity contribution in [2.24, 2.45) is 0 Å². The molecule has 0 fully saturated rings. The van der Waals surface area contributed by atoms with Crippen LogP contribution in [0.5, 0.6) is 0 Å². The van der Waals surface area contributed by atoms with Gasteiger partial charge in [-0.3, -0.25) is 9.97 Å². The number of hydrogen-bond acceptors (Lipinski definition) is 4. The highest BCUT2D eigenvalue weighted by atomic mass is 14.9. The molecule has 3 aromatic heterocycles. The van der Waals surface area contributed by atoms with Gasteiger partial charge in [0.1, 0.15) is 22.7 Å². The Morgan fingerprint density at radius 2 is 1.24 bits per heavy atom. The van der Waals surface area contributed by atoms with Gasteiger partial charge in [-0.2, -0.15) is 0 Å². The lowest BCUT2D eigenvalue weighted by Gasteiger charge is -2.09. The van der Waals surface area contributed by atoms with Crippen LogP contribution in [0.25, 0.3) is 66.0 Å². The molecule has 38 heavy (non-hydrogen) atoms. The van der Waals surface area contributed by atoms with Crippen LogP contribution in [0.3, 0.4) is 0 Å². The van der Waals surface area contributed by atoms with Crippen molar-refractivity contribution in [3.63, 3.8) is 0 Å². The molecule has 7 aromatic rings. The van der Waals surface area contributed by atoms with E-state index in [-0.39, 0.29) is 0 Å². The predicted octanol–water partition coefficient (Wildman–Crippen LogP) is 8.12. The van der Waals surface area contributed by atoms with E-state index in [1.165, 1.54) is 16.3 Å². The number of hydrogen-bond donors (Lipinski definition) is 2. The summed E-state index contributed by atoms with van der Waals surface area (Å²) in [5.41, 5.74) is 8.13. The Balaban J connectivity index is 1.35. The second-order valence-corrected chi connectivity index (χ2v) is 10.6. The van der Waals surface area contributed by atoms with Crippen molar-refractivity contribution >= 4 is 43.6 Å². The van der Waals surface area contributed by atoms with Gasteiger partial charge in [-0.25, -0.2) is 9.97 Å². The summed E-state index contributed by atoms with van der Waals surface area (Å²) in [4.78, 5) is 25.8. The first-order valence-corrected chi connectivity index (χ1v) is 13.1. The van der Waals surface area contributed by atoms with E-state index in [0.717, 1.165) is 61.3 Å². The van der Waals surface area contributed by atoms with Gasteiger partial charge in [0.2, 0.25) is 0 Å². The Labute approximate surface area is 220 Å². The number of benzene rings is 4. The quantitative estimate of drug-likeness (QED) is 0.241. The Bertz CT molecular complexity index is 1990. The molecule has 0 saturated heterocycles. The van der Waals surface area contributed by atoms with Crippen molar-refractivity contribution < 1.29 is 0 Å². The van der Waals surface area contributed by atoms with Crippen LogP contribution in [0.15, 0.2) is 73.2 Å². The second kappa shape index (κ2) is 8.48. The molecule has 2 N–H and O–H groups in total. The third kappa shape index (κ3) is 3.56. The van der Waals surface area contributed by atoms with E-state index in [0.29, 0.717) is 11.8 Å². The minimum Gasteiger partial charge on any atom is -0.342 e. The van der Waals surface area contributed by atoms with Gasteiger partial charge in [0, 0.05) is 40.6 Å². The molecule has 0 bridgehead atoms. The molecule has 186 valence electrons. The van der Waals surface area contributed by atoms with E-state index < -0.39 is 0 Å². The maximum absolute atomic E-state index is 4.88. The van der Waals surface area contributed by atoms with Gasteiger partial charge >= 0.3 is 0 Å². The molecule has 0 unspecified atom stereocenters. The summed E-state index contributed by atoms with van der Waals surface area (Å²) >= 11 is 0. The van der Waals surface area contributed by atoms with E-state index in [4.69, 9.17) is 9.97 Å². The molecule has 0 saturated carbocycles. The van der Waals surface area contributed by atoms with E-state index in [1.807, 2.05) is 6.20 Å². The van der Waals surface area contributed by atoms with Crippen LogP contribution in [-0.4, -0.2) is 29.9 Å². The molecule has 0 radical (unpaired) electrons. The zero-order valence-corrected chi connectivity index (χ0v) is 21.9. The summed E-state index contributed by atoms with van der Waals surface area (Å²) in [6, 6.07) is 19.8. The average Bonchev–Trinajstić information content (AvgIpc) is 3.61. The van der Waals surface area contributed by atoms with Crippen molar-refractivity contribution in [3.8, 4) is 22.4 Å². The van der Waals surface area contributed by atoms with Gasteiger partial charge in [0.15, 0.2) is 0 Å². The number of nitrogens with one attached hydrogen (secondary N) is 2. The fourth-order valence-electron chi connectivity index (χ4n) is 5.25. The minimum absolute atomic E-state index is 0.298.